The summed E-state index contributed by atoms with van der Waals surface area (Å²) in [6, 6.07) is 0. The molecule has 0 saturated heterocycles. The molecule has 112 valence electrons. The first-order chi connectivity index (χ1) is 9.13. The van der Waals surface area contributed by atoms with E-state index in [4.69, 9.17) is 14.9 Å². The summed E-state index contributed by atoms with van der Waals surface area (Å²) in [5.41, 5.74) is 0. The SMILES string of the molecule is O=C(O)CCCCCCOCCCCCCC(=O)O. The standard InChI is InChI=1S/C14H26O5/c15-13(16)9-5-1-3-7-11-19-12-8-4-2-6-10-14(17)18/h1-12H2,(H,15,16)(H,17,18). The van der Waals surface area contributed by atoms with E-state index in [-0.39, 0.29) is 12.8 Å². The topological polar surface area (TPSA) is 83.8 Å². The number of carboxylic acid groups (broad SMARTS) is 2. The first-order valence-corrected chi connectivity index (χ1v) is 7.14. The third kappa shape index (κ3) is 16.9. The lowest BCUT2D eigenvalue weighted by molar-refractivity contribution is -0.138. The van der Waals surface area contributed by atoms with E-state index in [1.807, 2.05) is 0 Å². The molecule has 0 saturated carbocycles. The molecule has 0 bridgehead atoms. The van der Waals surface area contributed by atoms with Crippen LogP contribution >= 0.6 is 0 Å². The second-order valence-corrected chi connectivity index (χ2v) is 4.73. The fraction of sp³-hybridized carbons (Fsp3) is 0.857. The Balaban J connectivity index is 2.99. The molecule has 0 unspecified atom stereocenters. The summed E-state index contributed by atoms with van der Waals surface area (Å²) in [4.78, 5) is 20.5. The zero-order valence-corrected chi connectivity index (χ0v) is 11.6. The van der Waals surface area contributed by atoms with Gasteiger partial charge in [-0.1, -0.05) is 25.7 Å². The van der Waals surface area contributed by atoms with Gasteiger partial charge < -0.3 is 14.9 Å². The van der Waals surface area contributed by atoms with Gasteiger partial charge in [-0.05, 0) is 25.7 Å². The number of aliphatic carboxylic acids is 2. The van der Waals surface area contributed by atoms with Crippen molar-refractivity contribution in [1.82, 2.24) is 0 Å². The summed E-state index contributed by atoms with van der Waals surface area (Å²) in [6.07, 6.45) is 7.93. The summed E-state index contributed by atoms with van der Waals surface area (Å²) in [7, 11) is 0. The maximum atomic E-state index is 10.3. The van der Waals surface area contributed by atoms with Crippen molar-refractivity contribution < 1.29 is 24.5 Å². The summed E-state index contributed by atoms with van der Waals surface area (Å²) >= 11 is 0. The highest BCUT2D eigenvalue weighted by Gasteiger charge is 1.98. The lowest BCUT2D eigenvalue weighted by Gasteiger charge is -2.04. The van der Waals surface area contributed by atoms with Crippen molar-refractivity contribution in [2.24, 2.45) is 0 Å². The van der Waals surface area contributed by atoms with Crippen LogP contribution in [0.25, 0.3) is 0 Å². The average molecular weight is 274 g/mol. The zero-order valence-electron chi connectivity index (χ0n) is 11.6. The van der Waals surface area contributed by atoms with Crippen LogP contribution in [0.1, 0.15) is 64.2 Å². The van der Waals surface area contributed by atoms with E-state index in [0.29, 0.717) is 0 Å². The number of ether oxygens (including phenoxy) is 1. The molecule has 0 aliphatic heterocycles. The Morgan fingerprint density at radius 1 is 0.632 bits per heavy atom. The van der Waals surface area contributed by atoms with Crippen molar-refractivity contribution in [3.8, 4) is 0 Å². The maximum Gasteiger partial charge on any atom is 0.303 e. The lowest BCUT2D eigenvalue weighted by atomic mass is 10.1. The van der Waals surface area contributed by atoms with E-state index in [0.717, 1.165) is 64.6 Å². The number of unbranched alkanes of at least 4 members (excludes halogenated alkanes) is 6. The molecule has 0 atom stereocenters. The van der Waals surface area contributed by atoms with Gasteiger partial charge in [0, 0.05) is 26.1 Å². The quantitative estimate of drug-likeness (QED) is 0.475. The monoisotopic (exact) mass is 274 g/mol. The van der Waals surface area contributed by atoms with Crippen LogP contribution in [-0.4, -0.2) is 35.4 Å². The fourth-order valence-corrected chi connectivity index (χ4v) is 1.77. The minimum absolute atomic E-state index is 0.261. The van der Waals surface area contributed by atoms with Crippen LogP contribution in [0.4, 0.5) is 0 Å². The van der Waals surface area contributed by atoms with Gasteiger partial charge in [-0.15, -0.1) is 0 Å². The molecule has 0 aliphatic carbocycles. The number of hydrogen-bond donors (Lipinski definition) is 2. The highest BCUT2D eigenvalue weighted by Crippen LogP contribution is 2.05. The summed E-state index contributed by atoms with van der Waals surface area (Å²) in [5, 5.41) is 16.9. The third-order valence-corrected chi connectivity index (χ3v) is 2.86. The van der Waals surface area contributed by atoms with Gasteiger partial charge in [0.1, 0.15) is 0 Å². The molecule has 0 heterocycles. The molecule has 0 radical (unpaired) electrons. The van der Waals surface area contributed by atoms with Crippen LogP contribution in [-0.2, 0) is 14.3 Å². The van der Waals surface area contributed by atoms with Gasteiger partial charge >= 0.3 is 11.9 Å². The van der Waals surface area contributed by atoms with E-state index < -0.39 is 11.9 Å². The zero-order chi connectivity index (χ0) is 14.3. The Morgan fingerprint density at radius 2 is 1.00 bits per heavy atom. The molecule has 0 amide bonds. The van der Waals surface area contributed by atoms with Crippen LogP contribution in [0.3, 0.4) is 0 Å². The van der Waals surface area contributed by atoms with Crippen LogP contribution in [0.5, 0.6) is 0 Å². The molecule has 2 N–H and O–H groups in total. The molecule has 19 heavy (non-hydrogen) atoms. The summed E-state index contributed by atoms with van der Waals surface area (Å²) < 4.78 is 5.46. The molecular weight excluding hydrogens is 248 g/mol. The lowest BCUT2D eigenvalue weighted by Crippen LogP contribution is -1.98. The van der Waals surface area contributed by atoms with Gasteiger partial charge in [0.2, 0.25) is 0 Å². The number of rotatable bonds is 14. The van der Waals surface area contributed by atoms with Crippen molar-refractivity contribution in [2.75, 3.05) is 13.2 Å². The highest BCUT2D eigenvalue weighted by molar-refractivity contribution is 5.66. The van der Waals surface area contributed by atoms with Gasteiger partial charge in [-0.3, -0.25) is 9.59 Å². The van der Waals surface area contributed by atoms with Crippen molar-refractivity contribution in [3.63, 3.8) is 0 Å². The van der Waals surface area contributed by atoms with Gasteiger partial charge in [-0.2, -0.15) is 0 Å². The van der Waals surface area contributed by atoms with Crippen LogP contribution in [0.15, 0.2) is 0 Å². The van der Waals surface area contributed by atoms with E-state index in [9.17, 15) is 9.59 Å². The van der Waals surface area contributed by atoms with E-state index in [1.165, 1.54) is 0 Å². The minimum atomic E-state index is -0.723. The Morgan fingerprint density at radius 3 is 1.37 bits per heavy atom. The Bertz CT molecular complexity index is 216. The van der Waals surface area contributed by atoms with Gasteiger partial charge in [0.25, 0.3) is 0 Å². The van der Waals surface area contributed by atoms with E-state index in [2.05, 4.69) is 0 Å². The molecule has 0 aromatic heterocycles. The minimum Gasteiger partial charge on any atom is -0.481 e. The van der Waals surface area contributed by atoms with Gasteiger partial charge in [-0.25, -0.2) is 0 Å². The average Bonchev–Trinajstić information content (AvgIpc) is 2.34. The summed E-state index contributed by atoms with van der Waals surface area (Å²) in [6.45, 7) is 1.48. The van der Waals surface area contributed by atoms with Crippen LogP contribution in [0, 0.1) is 0 Å². The Labute approximate surface area is 115 Å². The first-order valence-electron chi connectivity index (χ1n) is 7.14. The predicted octanol–water partition coefficient (Wildman–Crippen LogP) is 3.07. The van der Waals surface area contributed by atoms with Crippen molar-refractivity contribution in [1.29, 1.82) is 0 Å². The molecule has 0 fully saturated rings. The molecule has 0 aromatic carbocycles. The van der Waals surface area contributed by atoms with E-state index >= 15 is 0 Å². The van der Waals surface area contributed by atoms with Gasteiger partial charge in [0.05, 0.1) is 0 Å². The molecular formula is C14H26O5. The fourth-order valence-electron chi connectivity index (χ4n) is 1.77. The second-order valence-electron chi connectivity index (χ2n) is 4.73. The maximum absolute atomic E-state index is 10.3. The van der Waals surface area contributed by atoms with Crippen LogP contribution < -0.4 is 0 Å². The number of carboxylic acids is 2. The predicted molar refractivity (Wildman–Crippen MR) is 72.3 cm³/mol. The highest BCUT2D eigenvalue weighted by atomic mass is 16.5. The largest absolute Gasteiger partial charge is 0.481 e. The third-order valence-electron chi connectivity index (χ3n) is 2.86. The Hall–Kier alpha value is -1.10. The molecule has 5 nitrogen and oxygen atoms in total. The molecule has 0 spiro atoms. The van der Waals surface area contributed by atoms with Crippen molar-refractivity contribution in [2.45, 2.75) is 64.2 Å². The summed E-state index contributed by atoms with van der Waals surface area (Å²) in [5.74, 6) is -1.45. The number of carbonyl (C=O) groups is 2. The smallest absolute Gasteiger partial charge is 0.303 e. The second kappa shape index (κ2) is 13.3. The van der Waals surface area contributed by atoms with E-state index in [1.54, 1.807) is 0 Å². The molecule has 0 rings (SSSR count). The van der Waals surface area contributed by atoms with Gasteiger partial charge in [0.15, 0.2) is 0 Å². The molecule has 0 aromatic rings. The molecule has 0 aliphatic rings. The normalized spacial score (nSPS) is 10.5. The Kier molecular flexibility index (Phi) is 12.6. The van der Waals surface area contributed by atoms with Crippen LogP contribution in [0.2, 0.25) is 0 Å². The molecule has 5 heteroatoms. The van der Waals surface area contributed by atoms with Crippen molar-refractivity contribution in [3.05, 3.63) is 0 Å². The number of hydrogen-bond acceptors (Lipinski definition) is 3. The van der Waals surface area contributed by atoms with Crippen molar-refractivity contribution >= 4 is 11.9 Å². The first kappa shape index (κ1) is 17.9.